The molecule has 10 heteroatoms. The maximum atomic E-state index is 14.0. The number of rotatable bonds is 5. The first kappa shape index (κ1) is 21.9. The highest BCUT2D eigenvalue weighted by Crippen LogP contribution is 2.27. The lowest BCUT2D eigenvalue weighted by Crippen LogP contribution is -2.47. The van der Waals surface area contributed by atoms with E-state index < -0.39 is 41.5 Å². The van der Waals surface area contributed by atoms with Crippen molar-refractivity contribution in [1.29, 1.82) is 0 Å². The molecular formula is C18H22ClFN4O4. The van der Waals surface area contributed by atoms with Crippen molar-refractivity contribution in [3.05, 3.63) is 45.0 Å². The molecule has 0 bridgehead atoms. The average Bonchev–Trinajstić information content (AvgIpc) is 2.92. The molecule has 0 saturated carbocycles. The first-order valence-corrected chi connectivity index (χ1v) is 9.10. The van der Waals surface area contributed by atoms with Gasteiger partial charge in [0.2, 0.25) is 0 Å². The Morgan fingerprint density at radius 2 is 2.14 bits per heavy atom. The molecule has 0 spiro atoms. The third kappa shape index (κ3) is 5.13. The summed E-state index contributed by atoms with van der Waals surface area (Å²) in [4.78, 5) is 28.9. The van der Waals surface area contributed by atoms with E-state index in [0.29, 0.717) is 0 Å². The minimum Gasteiger partial charge on any atom is -0.444 e. The van der Waals surface area contributed by atoms with Gasteiger partial charge in [0, 0.05) is 17.9 Å². The summed E-state index contributed by atoms with van der Waals surface area (Å²) in [7, 11) is 0. The van der Waals surface area contributed by atoms with E-state index >= 15 is 0 Å². The number of hydrogen-bond acceptors (Lipinski definition) is 5. The number of carbonyl (C=O) groups is 2. The number of amides is 1. The highest BCUT2D eigenvalue weighted by Gasteiger charge is 2.47. The fourth-order valence-corrected chi connectivity index (χ4v) is 3.20. The van der Waals surface area contributed by atoms with Crippen molar-refractivity contribution in [2.24, 2.45) is 5.11 Å². The fourth-order valence-electron chi connectivity index (χ4n) is 3.01. The monoisotopic (exact) mass is 412 g/mol. The van der Waals surface area contributed by atoms with Crippen molar-refractivity contribution in [3.8, 4) is 0 Å². The normalized spacial score (nSPS) is 21.9. The summed E-state index contributed by atoms with van der Waals surface area (Å²) in [6.45, 7) is 4.85. The summed E-state index contributed by atoms with van der Waals surface area (Å²) in [6.07, 6.45) is -2.26. The highest BCUT2D eigenvalue weighted by atomic mass is 35.5. The number of nitrogens with zero attached hydrogens (tertiary/aromatic N) is 4. The first-order valence-electron chi connectivity index (χ1n) is 8.72. The van der Waals surface area contributed by atoms with Crippen LogP contribution in [-0.2, 0) is 16.0 Å². The number of aliphatic hydroxyl groups is 1. The van der Waals surface area contributed by atoms with Crippen LogP contribution >= 0.6 is 11.6 Å². The van der Waals surface area contributed by atoms with Gasteiger partial charge >= 0.3 is 6.09 Å². The molecule has 3 atom stereocenters. The van der Waals surface area contributed by atoms with Crippen molar-refractivity contribution in [3.63, 3.8) is 0 Å². The molecule has 152 valence electrons. The van der Waals surface area contributed by atoms with Gasteiger partial charge in [-0.1, -0.05) is 28.8 Å². The van der Waals surface area contributed by atoms with Crippen LogP contribution in [0.1, 0.15) is 32.8 Å². The molecular weight excluding hydrogens is 391 g/mol. The molecule has 1 aromatic rings. The second-order valence-corrected chi connectivity index (χ2v) is 7.93. The lowest BCUT2D eigenvalue weighted by molar-refractivity contribution is -0.125. The molecule has 28 heavy (non-hydrogen) atoms. The lowest BCUT2D eigenvalue weighted by atomic mass is 9.99. The van der Waals surface area contributed by atoms with E-state index in [2.05, 4.69) is 10.0 Å². The SMILES string of the molecule is CC(C)(C)OC(=O)N1C[C@@H](N=[N+]=[N-])[C@H](O)[C@H]1C(=O)CCc1cccc(Cl)c1F. The standard InChI is InChI=1S/C18H22ClFN4O4/c1-18(2,3)28-17(27)24-9-12(22-23-21)16(26)15(24)13(25)8-7-10-5-4-6-11(19)14(10)20/h4-6,12,15-16,26H,7-9H2,1-3H3/t12-,15-,16+/m1/s1. The minimum atomic E-state index is -1.37. The van der Waals surface area contributed by atoms with E-state index in [1.807, 2.05) is 0 Å². The second-order valence-electron chi connectivity index (χ2n) is 7.52. The summed E-state index contributed by atoms with van der Waals surface area (Å²) in [6, 6.07) is 2.26. The summed E-state index contributed by atoms with van der Waals surface area (Å²) in [5.41, 5.74) is 8.11. The van der Waals surface area contributed by atoms with Crippen LogP contribution in [0, 0.1) is 5.82 Å². The number of carbonyl (C=O) groups excluding carboxylic acids is 2. The predicted molar refractivity (Wildman–Crippen MR) is 100 cm³/mol. The molecule has 1 saturated heterocycles. The number of halogens is 2. The van der Waals surface area contributed by atoms with Gasteiger partial charge in [-0.3, -0.25) is 9.69 Å². The van der Waals surface area contributed by atoms with Crippen LogP contribution in [-0.4, -0.2) is 52.2 Å². The van der Waals surface area contributed by atoms with E-state index in [-0.39, 0.29) is 30.0 Å². The van der Waals surface area contributed by atoms with E-state index in [9.17, 15) is 19.1 Å². The summed E-state index contributed by atoms with van der Waals surface area (Å²) in [5, 5.41) is 13.8. The van der Waals surface area contributed by atoms with Gasteiger partial charge in [-0.2, -0.15) is 0 Å². The van der Waals surface area contributed by atoms with Gasteiger partial charge in [0.25, 0.3) is 0 Å². The van der Waals surface area contributed by atoms with Crippen LogP contribution in [0.25, 0.3) is 10.4 Å². The van der Waals surface area contributed by atoms with Crippen LogP contribution in [0.2, 0.25) is 5.02 Å². The second kappa shape index (κ2) is 8.77. The van der Waals surface area contributed by atoms with E-state index in [1.54, 1.807) is 26.8 Å². The van der Waals surface area contributed by atoms with Crippen LogP contribution in [0.3, 0.4) is 0 Å². The Bertz CT molecular complexity index is 807. The Kier molecular flexibility index (Phi) is 6.87. The highest BCUT2D eigenvalue weighted by molar-refractivity contribution is 6.30. The Morgan fingerprint density at radius 3 is 2.75 bits per heavy atom. The van der Waals surface area contributed by atoms with Crippen molar-refractivity contribution in [1.82, 2.24) is 4.90 Å². The number of aryl methyl sites for hydroxylation is 1. The van der Waals surface area contributed by atoms with Crippen molar-refractivity contribution in [2.75, 3.05) is 6.54 Å². The number of ketones is 1. The van der Waals surface area contributed by atoms with E-state index in [4.69, 9.17) is 21.9 Å². The van der Waals surface area contributed by atoms with Gasteiger partial charge in [-0.15, -0.1) is 0 Å². The number of likely N-dealkylation sites (tertiary alicyclic amines) is 1. The fraction of sp³-hybridized carbons (Fsp3) is 0.556. The minimum absolute atomic E-state index is 0.0444. The molecule has 1 aromatic carbocycles. The predicted octanol–water partition coefficient (Wildman–Crippen LogP) is 3.64. The molecule has 0 aliphatic carbocycles. The number of Topliss-reactive ketones (excluding diaryl/α,β-unsaturated/α-hetero) is 1. The maximum Gasteiger partial charge on any atom is 0.411 e. The average molecular weight is 413 g/mol. The third-order valence-electron chi connectivity index (χ3n) is 4.27. The summed E-state index contributed by atoms with van der Waals surface area (Å²) >= 11 is 5.74. The molecule has 0 unspecified atom stereocenters. The zero-order chi connectivity index (χ0) is 21.1. The van der Waals surface area contributed by atoms with Gasteiger partial charge < -0.3 is 9.84 Å². The number of benzene rings is 1. The molecule has 1 heterocycles. The molecule has 1 N–H and O–H groups in total. The van der Waals surface area contributed by atoms with Gasteiger partial charge in [0.1, 0.15) is 17.5 Å². The van der Waals surface area contributed by atoms with Gasteiger partial charge in [0.05, 0.1) is 17.2 Å². The Hall–Kier alpha value is -2.35. The zero-order valence-electron chi connectivity index (χ0n) is 15.8. The molecule has 1 fully saturated rings. The molecule has 1 aliphatic heterocycles. The molecule has 8 nitrogen and oxygen atoms in total. The van der Waals surface area contributed by atoms with Crippen LogP contribution in [0.4, 0.5) is 9.18 Å². The Morgan fingerprint density at radius 1 is 1.46 bits per heavy atom. The van der Waals surface area contributed by atoms with Crippen LogP contribution in [0.5, 0.6) is 0 Å². The zero-order valence-corrected chi connectivity index (χ0v) is 16.6. The Balaban J connectivity index is 2.19. The number of ether oxygens (including phenoxy) is 1. The number of aliphatic hydroxyl groups excluding tert-OH is 1. The van der Waals surface area contributed by atoms with Crippen LogP contribution in [0.15, 0.2) is 23.3 Å². The van der Waals surface area contributed by atoms with Crippen molar-refractivity contribution in [2.45, 2.75) is 57.4 Å². The molecule has 2 rings (SSSR count). The summed E-state index contributed by atoms with van der Waals surface area (Å²) in [5.74, 6) is -1.10. The van der Waals surface area contributed by atoms with Crippen molar-refractivity contribution < 1.29 is 23.8 Å². The molecule has 0 aromatic heterocycles. The Labute approximate surface area is 166 Å². The largest absolute Gasteiger partial charge is 0.444 e. The maximum absolute atomic E-state index is 14.0. The molecule has 1 amide bonds. The quantitative estimate of drug-likeness (QED) is 0.451. The number of hydrogen-bond donors (Lipinski definition) is 1. The smallest absolute Gasteiger partial charge is 0.411 e. The lowest BCUT2D eigenvalue weighted by Gasteiger charge is -2.28. The van der Waals surface area contributed by atoms with Gasteiger partial charge in [0.15, 0.2) is 5.78 Å². The number of azide groups is 1. The first-order chi connectivity index (χ1) is 13.0. The van der Waals surface area contributed by atoms with Gasteiger partial charge in [-0.25, -0.2) is 9.18 Å². The van der Waals surface area contributed by atoms with E-state index in [1.165, 1.54) is 12.1 Å². The molecule has 0 radical (unpaired) electrons. The molecule has 1 aliphatic rings. The van der Waals surface area contributed by atoms with E-state index in [0.717, 1.165) is 4.90 Å². The topological polar surface area (TPSA) is 116 Å². The summed E-state index contributed by atoms with van der Waals surface area (Å²) < 4.78 is 19.3. The van der Waals surface area contributed by atoms with Crippen molar-refractivity contribution >= 4 is 23.5 Å². The van der Waals surface area contributed by atoms with Gasteiger partial charge in [-0.05, 0) is 44.4 Å². The van der Waals surface area contributed by atoms with Crippen LogP contribution < -0.4 is 0 Å². The third-order valence-corrected chi connectivity index (χ3v) is 4.56.